The van der Waals surface area contributed by atoms with Gasteiger partial charge in [-0.05, 0) is 48.9 Å². The molecular formula is C17H28N2. The van der Waals surface area contributed by atoms with Crippen LogP contribution in [0.4, 0.5) is 0 Å². The Kier molecular flexibility index (Phi) is 5.38. The van der Waals surface area contributed by atoms with Gasteiger partial charge in [-0.1, -0.05) is 39.5 Å². The van der Waals surface area contributed by atoms with E-state index < -0.39 is 0 Å². The molecule has 3 unspecified atom stereocenters. The second-order valence-corrected chi connectivity index (χ2v) is 5.88. The minimum absolute atomic E-state index is 0.512. The lowest BCUT2D eigenvalue weighted by molar-refractivity contribution is 0.176. The molecule has 3 atom stereocenters. The van der Waals surface area contributed by atoms with Crippen LogP contribution in [0.25, 0.3) is 0 Å². The molecule has 0 bridgehead atoms. The SMILES string of the molecule is CCNC(c1ccncc1C)C1CCCCC1CC. The van der Waals surface area contributed by atoms with E-state index in [2.05, 4.69) is 37.1 Å². The van der Waals surface area contributed by atoms with Crippen molar-refractivity contribution in [3.05, 3.63) is 29.6 Å². The highest BCUT2D eigenvalue weighted by Gasteiger charge is 2.31. The van der Waals surface area contributed by atoms with Crippen molar-refractivity contribution in [1.29, 1.82) is 0 Å². The number of pyridine rings is 1. The first-order valence-electron chi connectivity index (χ1n) is 7.91. The standard InChI is InChI=1S/C17H28N2/c1-4-14-8-6-7-9-16(14)17(19-5-2)15-10-11-18-12-13(15)3/h10-12,14,16-17,19H,4-9H2,1-3H3. The van der Waals surface area contributed by atoms with E-state index in [0.717, 1.165) is 18.4 Å². The zero-order chi connectivity index (χ0) is 13.7. The summed E-state index contributed by atoms with van der Waals surface area (Å²) in [6, 6.07) is 2.72. The normalized spacial score (nSPS) is 25.2. The molecule has 1 aliphatic carbocycles. The molecule has 2 heteroatoms. The zero-order valence-electron chi connectivity index (χ0n) is 12.7. The van der Waals surface area contributed by atoms with Crippen LogP contribution >= 0.6 is 0 Å². The summed E-state index contributed by atoms with van der Waals surface area (Å²) >= 11 is 0. The van der Waals surface area contributed by atoms with Gasteiger partial charge in [0.15, 0.2) is 0 Å². The summed E-state index contributed by atoms with van der Waals surface area (Å²) in [4.78, 5) is 4.24. The molecule has 2 rings (SSSR count). The first kappa shape index (κ1) is 14.5. The molecule has 0 spiro atoms. The predicted octanol–water partition coefficient (Wildman–Crippen LogP) is 4.26. The lowest BCUT2D eigenvalue weighted by atomic mass is 9.72. The molecule has 19 heavy (non-hydrogen) atoms. The molecule has 0 radical (unpaired) electrons. The van der Waals surface area contributed by atoms with Crippen LogP contribution < -0.4 is 5.32 Å². The molecule has 1 heterocycles. The first-order valence-corrected chi connectivity index (χ1v) is 7.91. The highest BCUT2D eigenvalue weighted by molar-refractivity contribution is 5.26. The minimum atomic E-state index is 0.512. The summed E-state index contributed by atoms with van der Waals surface area (Å²) in [6.45, 7) is 7.80. The van der Waals surface area contributed by atoms with Crippen molar-refractivity contribution >= 4 is 0 Å². The number of nitrogens with zero attached hydrogens (tertiary/aromatic N) is 1. The fourth-order valence-electron chi connectivity index (χ4n) is 3.73. The van der Waals surface area contributed by atoms with Gasteiger partial charge in [0.2, 0.25) is 0 Å². The molecular weight excluding hydrogens is 232 g/mol. The Balaban J connectivity index is 2.26. The van der Waals surface area contributed by atoms with Gasteiger partial charge in [-0.2, -0.15) is 0 Å². The molecule has 2 nitrogen and oxygen atoms in total. The molecule has 1 aromatic heterocycles. The summed E-state index contributed by atoms with van der Waals surface area (Å²) in [5.41, 5.74) is 2.79. The average Bonchev–Trinajstić information content (AvgIpc) is 2.46. The van der Waals surface area contributed by atoms with E-state index >= 15 is 0 Å². The van der Waals surface area contributed by atoms with E-state index in [9.17, 15) is 0 Å². The van der Waals surface area contributed by atoms with Crippen LogP contribution in [0.3, 0.4) is 0 Å². The minimum Gasteiger partial charge on any atom is -0.310 e. The maximum Gasteiger partial charge on any atom is 0.0354 e. The molecule has 0 saturated heterocycles. The quantitative estimate of drug-likeness (QED) is 0.855. The third kappa shape index (κ3) is 3.36. The topological polar surface area (TPSA) is 24.9 Å². The third-order valence-corrected chi connectivity index (χ3v) is 4.74. The van der Waals surface area contributed by atoms with Gasteiger partial charge in [0, 0.05) is 18.4 Å². The molecule has 1 aromatic rings. The van der Waals surface area contributed by atoms with Crippen molar-refractivity contribution in [2.24, 2.45) is 11.8 Å². The lowest BCUT2D eigenvalue weighted by Gasteiger charge is -2.38. The van der Waals surface area contributed by atoms with Crippen molar-refractivity contribution in [3.63, 3.8) is 0 Å². The van der Waals surface area contributed by atoms with Crippen molar-refractivity contribution < 1.29 is 0 Å². The number of hydrogen-bond donors (Lipinski definition) is 1. The van der Waals surface area contributed by atoms with Crippen molar-refractivity contribution in [1.82, 2.24) is 10.3 Å². The van der Waals surface area contributed by atoms with Crippen LogP contribution in [0.1, 0.15) is 63.1 Å². The largest absolute Gasteiger partial charge is 0.310 e. The van der Waals surface area contributed by atoms with Crippen molar-refractivity contribution in [2.45, 2.75) is 58.9 Å². The van der Waals surface area contributed by atoms with E-state index in [1.165, 1.54) is 43.2 Å². The van der Waals surface area contributed by atoms with E-state index in [1.54, 1.807) is 0 Å². The van der Waals surface area contributed by atoms with Gasteiger partial charge in [0.1, 0.15) is 0 Å². The Morgan fingerprint density at radius 3 is 2.79 bits per heavy atom. The Morgan fingerprint density at radius 2 is 2.11 bits per heavy atom. The molecule has 1 aliphatic rings. The highest BCUT2D eigenvalue weighted by atomic mass is 14.9. The number of hydrogen-bond acceptors (Lipinski definition) is 2. The van der Waals surface area contributed by atoms with E-state index in [4.69, 9.17) is 0 Å². The van der Waals surface area contributed by atoms with E-state index in [-0.39, 0.29) is 0 Å². The Morgan fingerprint density at radius 1 is 1.32 bits per heavy atom. The van der Waals surface area contributed by atoms with Gasteiger partial charge in [-0.15, -0.1) is 0 Å². The number of aromatic nitrogens is 1. The van der Waals surface area contributed by atoms with Crippen LogP contribution in [0, 0.1) is 18.8 Å². The Bertz CT molecular complexity index is 389. The van der Waals surface area contributed by atoms with E-state index in [0.29, 0.717) is 6.04 Å². The average molecular weight is 260 g/mol. The van der Waals surface area contributed by atoms with Gasteiger partial charge in [-0.25, -0.2) is 0 Å². The zero-order valence-corrected chi connectivity index (χ0v) is 12.7. The maximum atomic E-state index is 4.24. The number of nitrogens with one attached hydrogen (secondary N) is 1. The molecule has 106 valence electrons. The fourth-order valence-corrected chi connectivity index (χ4v) is 3.73. The third-order valence-electron chi connectivity index (χ3n) is 4.74. The van der Waals surface area contributed by atoms with Gasteiger partial charge in [-0.3, -0.25) is 4.98 Å². The van der Waals surface area contributed by atoms with Crippen LogP contribution in [0.15, 0.2) is 18.5 Å². The highest BCUT2D eigenvalue weighted by Crippen LogP contribution is 2.40. The second-order valence-electron chi connectivity index (χ2n) is 5.88. The van der Waals surface area contributed by atoms with Gasteiger partial charge in [0.05, 0.1) is 0 Å². The second kappa shape index (κ2) is 7.04. The van der Waals surface area contributed by atoms with Crippen molar-refractivity contribution in [2.75, 3.05) is 6.54 Å². The van der Waals surface area contributed by atoms with Crippen LogP contribution in [0.2, 0.25) is 0 Å². The smallest absolute Gasteiger partial charge is 0.0354 e. The first-order chi connectivity index (χ1) is 9.27. The number of aryl methyl sites for hydroxylation is 1. The van der Waals surface area contributed by atoms with Crippen molar-refractivity contribution in [3.8, 4) is 0 Å². The summed E-state index contributed by atoms with van der Waals surface area (Å²) in [6.07, 6.45) is 10.9. The summed E-state index contributed by atoms with van der Waals surface area (Å²) in [5, 5.41) is 3.75. The molecule has 0 amide bonds. The van der Waals surface area contributed by atoms with Crippen LogP contribution in [-0.4, -0.2) is 11.5 Å². The number of rotatable bonds is 5. The summed E-state index contributed by atoms with van der Waals surface area (Å²) < 4.78 is 0. The van der Waals surface area contributed by atoms with Gasteiger partial charge < -0.3 is 5.32 Å². The summed E-state index contributed by atoms with van der Waals surface area (Å²) in [5.74, 6) is 1.67. The lowest BCUT2D eigenvalue weighted by Crippen LogP contribution is -2.34. The fraction of sp³-hybridized carbons (Fsp3) is 0.706. The van der Waals surface area contributed by atoms with Crippen LogP contribution in [0.5, 0.6) is 0 Å². The molecule has 0 aliphatic heterocycles. The summed E-state index contributed by atoms with van der Waals surface area (Å²) in [7, 11) is 0. The predicted molar refractivity (Wildman–Crippen MR) is 81.1 cm³/mol. The van der Waals surface area contributed by atoms with Crippen LogP contribution in [-0.2, 0) is 0 Å². The molecule has 1 fully saturated rings. The van der Waals surface area contributed by atoms with Gasteiger partial charge >= 0.3 is 0 Å². The van der Waals surface area contributed by atoms with Gasteiger partial charge in [0.25, 0.3) is 0 Å². The van der Waals surface area contributed by atoms with E-state index in [1.807, 2.05) is 12.4 Å². The molecule has 1 saturated carbocycles. The molecule has 0 aromatic carbocycles. The molecule has 1 N–H and O–H groups in total. The maximum absolute atomic E-state index is 4.24. The Labute approximate surface area is 118 Å². The Hall–Kier alpha value is -0.890. The monoisotopic (exact) mass is 260 g/mol.